The monoisotopic (exact) mass is 276 g/mol. The molecule has 1 aliphatic heterocycles. The van der Waals surface area contributed by atoms with Crippen molar-refractivity contribution in [2.45, 2.75) is 25.3 Å². The summed E-state index contributed by atoms with van der Waals surface area (Å²) in [6.45, 7) is 4.56. The Kier molecular flexibility index (Phi) is 3.25. The molecule has 0 aromatic carbocycles. The summed E-state index contributed by atoms with van der Waals surface area (Å²) in [6, 6.07) is 0. The predicted octanol–water partition coefficient (Wildman–Crippen LogP) is 0.208. The standard InChI is InChI=1S/C13H16N4O3/c1-2-11(18)17-6-9(7-17)12(19)14-5-10-15-13(20-16-10)8-3-4-8/h2,8-9H,1,3-7H2,(H,14,19). The first-order valence-electron chi connectivity index (χ1n) is 6.69. The van der Waals surface area contributed by atoms with Crippen LogP contribution in [0.15, 0.2) is 17.2 Å². The van der Waals surface area contributed by atoms with Gasteiger partial charge in [0.25, 0.3) is 0 Å². The summed E-state index contributed by atoms with van der Waals surface area (Å²) in [5, 5.41) is 6.59. The van der Waals surface area contributed by atoms with Crippen molar-refractivity contribution < 1.29 is 14.1 Å². The maximum atomic E-state index is 11.8. The minimum absolute atomic E-state index is 0.0871. The zero-order valence-electron chi connectivity index (χ0n) is 11.0. The molecule has 2 amide bonds. The van der Waals surface area contributed by atoms with E-state index in [-0.39, 0.29) is 24.3 Å². The van der Waals surface area contributed by atoms with Crippen molar-refractivity contribution in [2.24, 2.45) is 5.92 Å². The fourth-order valence-corrected chi connectivity index (χ4v) is 2.10. The van der Waals surface area contributed by atoms with Crippen LogP contribution in [0.25, 0.3) is 0 Å². The van der Waals surface area contributed by atoms with E-state index in [1.165, 1.54) is 6.08 Å². The molecular formula is C13H16N4O3. The summed E-state index contributed by atoms with van der Waals surface area (Å²) in [5.41, 5.74) is 0. The Morgan fingerprint density at radius 1 is 1.45 bits per heavy atom. The van der Waals surface area contributed by atoms with Gasteiger partial charge in [-0.25, -0.2) is 0 Å². The second-order valence-corrected chi connectivity index (χ2v) is 5.19. The van der Waals surface area contributed by atoms with E-state index in [0.29, 0.717) is 30.7 Å². The second kappa shape index (κ2) is 5.07. The van der Waals surface area contributed by atoms with E-state index >= 15 is 0 Å². The summed E-state index contributed by atoms with van der Waals surface area (Å²) in [5.74, 6) is 1.20. The van der Waals surface area contributed by atoms with Crippen LogP contribution >= 0.6 is 0 Å². The normalized spacial score (nSPS) is 18.5. The van der Waals surface area contributed by atoms with Gasteiger partial charge in [0, 0.05) is 19.0 Å². The Morgan fingerprint density at radius 3 is 2.85 bits per heavy atom. The van der Waals surface area contributed by atoms with Gasteiger partial charge in [-0.15, -0.1) is 0 Å². The number of carbonyl (C=O) groups excluding carboxylic acids is 2. The first-order chi connectivity index (χ1) is 9.67. The molecule has 1 saturated carbocycles. The lowest BCUT2D eigenvalue weighted by Crippen LogP contribution is -2.55. The van der Waals surface area contributed by atoms with E-state index in [4.69, 9.17) is 4.52 Å². The third-order valence-corrected chi connectivity index (χ3v) is 3.57. The molecule has 1 saturated heterocycles. The Labute approximate surface area is 116 Å². The zero-order valence-corrected chi connectivity index (χ0v) is 11.0. The van der Waals surface area contributed by atoms with Crippen LogP contribution in [0.3, 0.4) is 0 Å². The van der Waals surface area contributed by atoms with Gasteiger partial charge >= 0.3 is 0 Å². The third-order valence-electron chi connectivity index (χ3n) is 3.57. The zero-order chi connectivity index (χ0) is 14.1. The smallest absolute Gasteiger partial charge is 0.246 e. The summed E-state index contributed by atoms with van der Waals surface area (Å²) >= 11 is 0. The SMILES string of the molecule is C=CC(=O)N1CC(C(=O)NCc2noc(C3CC3)n2)C1. The van der Waals surface area contributed by atoms with Gasteiger partial charge in [0.15, 0.2) is 5.82 Å². The number of rotatable bonds is 5. The van der Waals surface area contributed by atoms with Crippen molar-refractivity contribution in [1.29, 1.82) is 0 Å². The number of nitrogens with one attached hydrogen (secondary N) is 1. The van der Waals surface area contributed by atoms with E-state index in [9.17, 15) is 9.59 Å². The van der Waals surface area contributed by atoms with E-state index in [2.05, 4.69) is 22.0 Å². The Balaban J connectivity index is 1.43. The van der Waals surface area contributed by atoms with E-state index < -0.39 is 0 Å². The molecule has 1 aliphatic carbocycles. The molecule has 0 bridgehead atoms. The number of aromatic nitrogens is 2. The van der Waals surface area contributed by atoms with E-state index in [0.717, 1.165) is 12.8 Å². The van der Waals surface area contributed by atoms with Crippen molar-refractivity contribution in [2.75, 3.05) is 13.1 Å². The molecule has 2 heterocycles. The maximum absolute atomic E-state index is 11.8. The fraction of sp³-hybridized carbons (Fsp3) is 0.538. The summed E-state index contributed by atoms with van der Waals surface area (Å²) in [6.07, 6.45) is 3.46. The topological polar surface area (TPSA) is 88.3 Å². The predicted molar refractivity (Wildman–Crippen MR) is 68.4 cm³/mol. The number of amides is 2. The van der Waals surface area contributed by atoms with E-state index in [1.54, 1.807) is 4.90 Å². The van der Waals surface area contributed by atoms with Crippen LogP contribution in [-0.2, 0) is 16.1 Å². The molecule has 2 fully saturated rings. The van der Waals surface area contributed by atoms with Crippen molar-refractivity contribution in [3.8, 4) is 0 Å². The first kappa shape index (κ1) is 12.8. The summed E-state index contributed by atoms with van der Waals surface area (Å²) in [4.78, 5) is 28.9. The lowest BCUT2D eigenvalue weighted by molar-refractivity contribution is -0.139. The van der Waals surface area contributed by atoms with Gasteiger partial charge in [-0.2, -0.15) is 4.98 Å². The Bertz CT molecular complexity index is 544. The average Bonchev–Trinajstić information content (AvgIpc) is 3.14. The minimum Gasteiger partial charge on any atom is -0.348 e. The molecule has 0 unspecified atom stereocenters. The van der Waals surface area contributed by atoms with Gasteiger partial charge in [-0.05, 0) is 18.9 Å². The fourth-order valence-electron chi connectivity index (χ4n) is 2.10. The average molecular weight is 276 g/mol. The Morgan fingerprint density at radius 2 is 2.20 bits per heavy atom. The van der Waals surface area contributed by atoms with Gasteiger partial charge in [0.1, 0.15) is 0 Å². The molecule has 0 atom stereocenters. The molecule has 1 aromatic rings. The van der Waals surface area contributed by atoms with Crippen LogP contribution in [0.1, 0.15) is 30.5 Å². The van der Waals surface area contributed by atoms with Crippen molar-refractivity contribution in [1.82, 2.24) is 20.4 Å². The second-order valence-electron chi connectivity index (χ2n) is 5.19. The number of hydrogen-bond acceptors (Lipinski definition) is 5. The molecule has 7 nitrogen and oxygen atoms in total. The van der Waals surface area contributed by atoms with Crippen LogP contribution < -0.4 is 5.32 Å². The highest BCUT2D eigenvalue weighted by Gasteiger charge is 2.34. The largest absolute Gasteiger partial charge is 0.348 e. The molecular weight excluding hydrogens is 260 g/mol. The third kappa shape index (κ3) is 2.56. The molecule has 1 aromatic heterocycles. The van der Waals surface area contributed by atoms with Gasteiger partial charge in [-0.1, -0.05) is 11.7 Å². The highest BCUT2D eigenvalue weighted by molar-refractivity contribution is 5.90. The molecule has 20 heavy (non-hydrogen) atoms. The van der Waals surface area contributed by atoms with Crippen molar-refractivity contribution in [3.05, 3.63) is 24.4 Å². The Hall–Kier alpha value is -2.18. The quantitative estimate of drug-likeness (QED) is 0.776. The molecule has 3 rings (SSSR count). The van der Waals surface area contributed by atoms with Crippen molar-refractivity contribution >= 4 is 11.8 Å². The lowest BCUT2D eigenvalue weighted by Gasteiger charge is -2.37. The highest BCUT2D eigenvalue weighted by Crippen LogP contribution is 2.38. The number of nitrogens with zero attached hydrogens (tertiary/aromatic N) is 3. The van der Waals surface area contributed by atoms with Gasteiger partial charge in [0.05, 0.1) is 12.5 Å². The van der Waals surface area contributed by atoms with Gasteiger partial charge in [-0.3, -0.25) is 9.59 Å². The van der Waals surface area contributed by atoms with E-state index in [1.807, 2.05) is 0 Å². The molecule has 2 aliphatic rings. The van der Waals surface area contributed by atoms with Gasteiger partial charge in [0.2, 0.25) is 17.7 Å². The first-order valence-corrected chi connectivity index (χ1v) is 6.69. The lowest BCUT2D eigenvalue weighted by atomic mass is 9.99. The number of hydrogen-bond donors (Lipinski definition) is 1. The molecule has 7 heteroatoms. The van der Waals surface area contributed by atoms with Gasteiger partial charge < -0.3 is 14.7 Å². The van der Waals surface area contributed by atoms with Crippen LogP contribution in [-0.4, -0.2) is 39.9 Å². The maximum Gasteiger partial charge on any atom is 0.246 e. The summed E-state index contributed by atoms with van der Waals surface area (Å²) < 4.78 is 5.11. The van der Waals surface area contributed by atoms with Crippen LogP contribution in [0.4, 0.5) is 0 Å². The van der Waals surface area contributed by atoms with Crippen LogP contribution in [0.5, 0.6) is 0 Å². The number of carbonyl (C=O) groups is 2. The minimum atomic E-state index is -0.159. The van der Waals surface area contributed by atoms with Crippen LogP contribution in [0.2, 0.25) is 0 Å². The molecule has 106 valence electrons. The number of likely N-dealkylation sites (tertiary alicyclic amines) is 1. The van der Waals surface area contributed by atoms with Crippen LogP contribution in [0, 0.1) is 5.92 Å². The highest BCUT2D eigenvalue weighted by atomic mass is 16.5. The molecule has 1 N–H and O–H groups in total. The summed E-state index contributed by atoms with van der Waals surface area (Å²) in [7, 11) is 0. The molecule has 0 spiro atoms. The molecule has 0 radical (unpaired) electrons. The van der Waals surface area contributed by atoms with Crippen molar-refractivity contribution in [3.63, 3.8) is 0 Å².